The zero-order chi connectivity index (χ0) is 14.3. The number of hydrogen-bond donors (Lipinski definition) is 2. The van der Waals surface area contributed by atoms with E-state index in [0.717, 1.165) is 5.56 Å². The summed E-state index contributed by atoms with van der Waals surface area (Å²) in [5.41, 5.74) is 0.979. The molecular formula is C14H19ClO4. The summed E-state index contributed by atoms with van der Waals surface area (Å²) in [5, 5.41) is 19.7. The lowest BCUT2D eigenvalue weighted by atomic mass is 9.97. The number of carbonyl (C=O) groups is 1. The fourth-order valence-electron chi connectivity index (χ4n) is 1.81. The molecule has 1 aromatic carbocycles. The number of carbonyl (C=O) groups excluding carboxylic acids is 1. The van der Waals surface area contributed by atoms with Gasteiger partial charge in [0, 0.05) is 5.02 Å². The number of hydrogen-bond acceptors (Lipinski definition) is 4. The molecule has 0 aliphatic carbocycles. The number of rotatable bonds is 7. The fourth-order valence-corrected chi connectivity index (χ4v) is 2.02. The van der Waals surface area contributed by atoms with E-state index >= 15 is 0 Å². The Morgan fingerprint density at radius 3 is 2.79 bits per heavy atom. The van der Waals surface area contributed by atoms with E-state index in [2.05, 4.69) is 0 Å². The van der Waals surface area contributed by atoms with Gasteiger partial charge in [-0.15, -0.1) is 0 Å². The molecular weight excluding hydrogens is 268 g/mol. The van der Waals surface area contributed by atoms with Crippen molar-refractivity contribution in [2.24, 2.45) is 5.92 Å². The molecule has 0 bridgehead atoms. The fraction of sp³-hybridized carbons (Fsp3) is 0.500. The van der Waals surface area contributed by atoms with E-state index in [1.165, 1.54) is 0 Å². The Labute approximate surface area is 118 Å². The summed E-state index contributed by atoms with van der Waals surface area (Å²) in [6.07, 6.45) is 0.0187. The van der Waals surface area contributed by atoms with Crippen molar-refractivity contribution in [1.29, 1.82) is 0 Å². The first kappa shape index (κ1) is 16.0. The Morgan fingerprint density at radius 2 is 2.21 bits per heavy atom. The number of halogens is 1. The van der Waals surface area contributed by atoms with E-state index in [-0.39, 0.29) is 6.61 Å². The molecule has 0 unspecified atom stereocenters. The van der Waals surface area contributed by atoms with Gasteiger partial charge in [-0.05, 0) is 37.5 Å². The Morgan fingerprint density at radius 1 is 1.47 bits per heavy atom. The number of aliphatic hydroxyl groups is 2. The minimum atomic E-state index is -0.928. The molecule has 0 heterocycles. The Balaban J connectivity index is 2.53. The van der Waals surface area contributed by atoms with Crippen molar-refractivity contribution in [3.05, 3.63) is 34.9 Å². The Kier molecular flexibility index (Phi) is 6.84. The molecule has 0 saturated carbocycles. The van der Waals surface area contributed by atoms with Gasteiger partial charge in [-0.3, -0.25) is 4.79 Å². The number of ether oxygens (including phenoxy) is 1. The van der Waals surface area contributed by atoms with Crippen LogP contribution in [-0.2, 0) is 16.0 Å². The van der Waals surface area contributed by atoms with Crippen molar-refractivity contribution in [3.8, 4) is 0 Å². The van der Waals surface area contributed by atoms with Gasteiger partial charge < -0.3 is 14.9 Å². The minimum Gasteiger partial charge on any atom is -0.466 e. The van der Waals surface area contributed by atoms with Crippen LogP contribution in [0.1, 0.15) is 18.9 Å². The molecule has 0 fully saturated rings. The van der Waals surface area contributed by atoms with E-state index in [1.54, 1.807) is 13.0 Å². The number of benzene rings is 1. The quantitative estimate of drug-likeness (QED) is 0.750. The van der Waals surface area contributed by atoms with E-state index < -0.39 is 24.6 Å². The molecule has 0 radical (unpaired) electrons. The van der Waals surface area contributed by atoms with Crippen LogP contribution in [0.2, 0.25) is 5.02 Å². The third-order valence-electron chi connectivity index (χ3n) is 2.87. The average molecular weight is 287 g/mol. The summed E-state index contributed by atoms with van der Waals surface area (Å²) in [6, 6.07) is 7.32. The first-order valence-corrected chi connectivity index (χ1v) is 6.66. The normalized spacial score (nSPS) is 13.9. The highest BCUT2D eigenvalue weighted by molar-refractivity contribution is 6.30. The lowest BCUT2D eigenvalue weighted by Gasteiger charge is -2.19. The summed E-state index contributed by atoms with van der Waals surface area (Å²) in [6.45, 7) is 1.50. The van der Waals surface area contributed by atoms with Gasteiger partial charge in [0.15, 0.2) is 0 Å². The van der Waals surface area contributed by atoms with E-state index in [4.69, 9.17) is 21.4 Å². The van der Waals surface area contributed by atoms with E-state index in [0.29, 0.717) is 17.9 Å². The standard InChI is InChI=1S/C14H19ClO4/c1-2-19-14(18)12(9-16)13(17)7-6-10-4-3-5-11(15)8-10/h3-5,8,12-13,16-17H,2,6-7,9H2,1H3/t12-,13-/m0/s1. The van der Waals surface area contributed by atoms with Crippen LogP contribution in [-0.4, -0.2) is 35.5 Å². The molecule has 2 atom stereocenters. The van der Waals surface area contributed by atoms with Crippen LogP contribution in [0.4, 0.5) is 0 Å². The second-order valence-corrected chi connectivity index (χ2v) is 4.71. The molecule has 0 aromatic heterocycles. The predicted molar refractivity (Wildman–Crippen MR) is 73.0 cm³/mol. The van der Waals surface area contributed by atoms with Crippen molar-refractivity contribution >= 4 is 17.6 Å². The zero-order valence-corrected chi connectivity index (χ0v) is 11.6. The largest absolute Gasteiger partial charge is 0.466 e. The monoisotopic (exact) mass is 286 g/mol. The molecule has 5 heteroatoms. The molecule has 0 saturated heterocycles. The van der Waals surface area contributed by atoms with Crippen LogP contribution >= 0.6 is 11.6 Å². The molecule has 0 amide bonds. The summed E-state index contributed by atoms with van der Waals surface area (Å²) in [7, 11) is 0. The maximum Gasteiger partial charge on any atom is 0.313 e. The molecule has 1 aromatic rings. The maximum absolute atomic E-state index is 11.5. The summed E-state index contributed by atoms with van der Waals surface area (Å²) < 4.78 is 4.81. The van der Waals surface area contributed by atoms with Gasteiger partial charge in [0.1, 0.15) is 5.92 Å². The van der Waals surface area contributed by atoms with Gasteiger partial charge in [-0.25, -0.2) is 0 Å². The van der Waals surface area contributed by atoms with Crippen LogP contribution in [0.5, 0.6) is 0 Å². The van der Waals surface area contributed by atoms with Crippen molar-refractivity contribution in [3.63, 3.8) is 0 Å². The van der Waals surface area contributed by atoms with Crippen molar-refractivity contribution in [2.75, 3.05) is 13.2 Å². The van der Waals surface area contributed by atoms with E-state index in [1.807, 2.05) is 18.2 Å². The van der Waals surface area contributed by atoms with Crippen LogP contribution in [0.25, 0.3) is 0 Å². The Bertz CT molecular complexity index is 408. The summed E-state index contributed by atoms with van der Waals surface area (Å²) in [4.78, 5) is 11.5. The lowest BCUT2D eigenvalue weighted by Crippen LogP contribution is -2.33. The molecule has 2 N–H and O–H groups in total. The van der Waals surface area contributed by atoms with Gasteiger partial charge in [-0.2, -0.15) is 0 Å². The van der Waals surface area contributed by atoms with Crippen molar-refractivity contribution in [2.45, 2.75) is 25.9 Å². The van der Waals surface area contributed by atoms with Gasteiger partial charge in [0.05, 0.1) is 19.3 Å². The molecule has 0 aliphatic heterocycles. The Hall–Kier alpha value is -1.10. The van der Waals surface area contributed by atoms with Crippen LogP contribution < -0.4 is 0 Å². The first-order chi connectivity index (χ1) is 9.08. The summed E-state index contributed by atoms with van der Waals surface area (Å²) >= 11 is 5.87. The molecule has 0 aliphatic rings. The minimum absolute atomic E-state index is 0.232. The summed E-state index contributed by atoms with van der Waals surface area (Å²) in [5.74, 6) is -1.46. The van der Waals surface area contributed by atoms with Crippen molar-refractivity contribution in [1.82, 2.24) is 0 Å². The highest BCUT2D eigenvalue weighted by Gasteiger charge is 2.27. The van der Waals surface area contributed by atoms with Gasteiger partial charge in [0.2, 0.25) is 0 Å². The second-order valence-electron chi connectivity index (χ2n) is 4.28. The third-order valence-corrected chi connectivity index (χ3v) is 3.10. The maximum atomic E-state index is 11.5. The topological polar surface area (TPSA) is 66.8 Å². The van der Waals surface area contributed by atoms with Crippen molar-refractivity contribution < 1.29 is 19.7 Å². The van der Waals surface area contributed by atoms with Crippen LogP contribution in [0, 0.1) is 5.92 Å². The third kappa shape index (κ3) is 5.19. The average Bonchev–Trinajstić information content (AvgIpc) is 2.37. The number of esters is 1. The first-order valence-electron chi connectivity index (χ1n) is 6.28. The second kappa shape index (κ2) is 8.15. The molecule has 0 spiro atoms. The number of aryl methyl sites for hydroxylation is 1. The lowest BCUT2D eigenvalue weighted by molar-refractivity contribution is -0.154. The smallest absolute Gasteiger partial charge is 0.313 e. The molecule has 106 valence electrons. The van der Waals surface area contributed by atoms with E-state index in [9.17, 15) is 9.90 Å². The zero-order valence-electron chi connectivity index (χ0n) is 10.9. The number of aliphatic hydroxyl groups excluding tert-OH is 2. The molecule has 19 heavy (non-hydrogen) atoms. The van der Waals surface area contributed by atoms with Crippen LogP contribution in [0.3, 0.4) is 0 Å². The predicted octanol–water partition coefficient (Wildman–Crippen LogP) is 1.81. The van der Waals surface area contributed by atoms with Gasteiger partial charge in [0.25, 0.3) is 0 Å². The van der Waals surface area contributed by atoms with Gasteiger partial charge >= 0.3 is 5.97 Å². The highest BCUT2D eigenvalue weighted by atomic mass is 35.5. The van der Waals surface area contributed by atoms with Crippen LogP contribution in [0.15, 0.2) is 24.3 Å². The highest BCUT2D eigenvalue weighted by Crippen LogP contribution is 2.16. The molecule has 4 nitrogen and oxygen atoms in total. The molecule has 1 rings (SSSR count). The van der Waals surface area contributed by atoms with Gasteiger partial charge in [-0.1, -0.05) is 23.7 Å². The SMILES string of the molecule is CCOC(=O)[C@@H](CO)[C@@H](O)CCc1cccc(Cl)c1.